The molecule has 0 unspecified atom stereocenters. The third-order valence-electron chi connectivity index (χ3n) is 2.43. The van der Waals surface area contributed by atoms with Crippen molar-refractivity contribution in [2.75, 3.05) is 11.9 Å². The number of anilines is 1. The molecule has 9 heteroatoms. The molecular formula is C11H9ClF2N4O2. The standard InChI is InChI=1S/C11H9ClF2N4O2/c12-8-5-15-9(10(19)17-8)16-6-11(13,14)7-3-1-2-4-18(7)20/h1-5H,6H2,(H,15,16)(H,17,19). The minimum absolute atomic E-state index is 0.00669. The van der Waals surface area contributed by atoms with Crippen LogP contribution in [0.1, 0.15) is 5.69 Å². The van der Waals surface area contributed by atoms with Gasteiger partial charge in [0.15, 0.2) is 12.0 Å². The summed E-state index contributed by atoms with van der Waals surface area (Å²) in [4.78, 5) is 17.2. The summed E-state index contributed by atoms with van der Waals surface area (Å²) < 4.78 is 27.8. The summed E-state index contributed by atoms with van der Waals surface area (Å²) in [6.07, 6.45) is 2.08. The van der Waals surface area contributed by atoms with Crippen molar-refractivity contribution in [3.63, 3.8) is 0 Å². The van der Waals surface area contributed by atoms with E-state index in [1.807, 2.05) is 0 Å². The van der Waals surface area contributed by atoms with E-state index in [4.69, 9.17) is 11.6 Å². The Morgan fingerprint density at radius 2 is 2.25 bits per heavy atom. The lowest BCUT2D eigenvalue weighted by atomic mass is 10.2. The highest BCUT2D eigenvalue weighted by Gasteiger charge is 2.39. The second-order valence-electron chi connectivity index (χ2n) is 3.88. The summed E-state index contributed by atoms with van der Waals surface area (Å²) in [7, 11) is 0. The first-order valence-corrected chi connectivity index (χ1v) is 5.83. The lowest BCUT2D eigenvalue weighted by Crippen LogP contribution is -2.41. The van der Waals surface area contributed by atoms with Gasteiger partial charge in [0.1, 0.15) is 5.15 Å². The van der Waals surface area contributed by atoms with Crippen LogP contribution >= 0.6 is 11.6 Å². The van der Waals surface area contributed by atoms with E-state index in [-0.39, 0.29) is 15.7 Å². The van der Waals surface area contributed by atoms with Crippen LogP contribution in [0.4, 0.5) is 14.6 Å². The van der Waals surface area contributed by atoms with Crippen LogP contribution in [0, 0.1) is 5.21 Å². The lowest BCUT2D eigenvalue weighted by Gasteiger charge is -2.16. The van der Waals surface area contributed by atoms with Gasteiger partial charge in [-0.1, -0.05) is 11.6 Å². The molecule has 6 nitrogen and oxygen atoms in total. The molecule has 0 amide bonds. The molecule has 0 spiro atoms. The van der Waals surface area contributed by atoms with Crippen molar-refractivity contribution in [1.29, 1.82) is 0 Å². The molecule has 0 saturated heterocycles. The van der Waals surface area contributed by atoms with E-state index < -0.39 is 23.7 Å². The SMILES string of the molecule is O=c1[nH]c(Cl)cnc1NCC(F)(F)c1cccc[n+]1[O-]. The predicted octanol–water partition coefficient (Wildman–Crippen LogP) is 1.26. The van der Waals surface area contributed by atoms with Crippen LogP contribution in [0.5, 0.6) is 0 Å². The Bertz CT molecular complexity index is 677. The summed E-state index contributed by atoms with van der Waals surface area (Å²) in [6, 6.07) is 3.67. The van der Waals surface area contributed by atoms with Gasteiger partial charge in [0.25, 0.3) is 11.3 Å². The van der Waals surface area contributed by atoms with Gasteiger partial charge in [0, 0.05) is 12.1 Å². The molecule has 0 atom stereocenters. The van der Waals surface area contributed by atoms with Crippen molar-refractivity contribution < 1.29 is 13.5 Å². The number of aromatic amines is 1. The lowest BCUT2D eigenvalue weighted by molar-refractivity contribution is -0.624. The van der Waals surface area contributed by atoms with E-state index in [1.54, 1.807) is 0 Å². The van der Waals surface area contributed by atoms with Gasteiger partial charge in [-0.25, -0.2) is 4.98 Å². The number of H-pyrrole nitrogens is 1. The Hall–Kier alpha value is -2.22. The molecule has 0 aliphatic heterocycles. The molecule has 2 heterocycles. The van der Waals surface area contributed by atoms with Crippen LogP contribution in [0.2, 0.25) is 5.15 Å². The quantitative estimate of drug-likeness (QED) is 0.658. The van der Waals surface area contributed by atoms with Crippen LogP contribution in [-0.4, -0.2) is 16.5 Å². The van der Waals surface area contributed by atoms with E-state index in [9.17, 15) is 18.8 Å². The number of hydrogen-bond donors (Lipinski definition) is 2. The van der Waals surface area contributed by atoms with Crippen molar-refractivity contribution in [3.05, 3.63) is 57.0 Å². The van der Waals surface area contributed by atoms with Crippen molar-refractivity contribution >= 4 is 17.4 Å². The molecule has 2 aromatic heterocycles. The van der Waals surface area contributed by atoms with Gasteiger partial charge in [-0.3, -0.25) is 4.79 Å². The van der Waals surface area contributed by atoms with Gasteiger partial charge in [0.05, 0.1) is 12.7 Å². The van der Waals surface area contributed by atoms with Crippen molar-refractivity contribution in [2.45, 2.75) is 5.92 Å². The Morgan fingerprint density at radius 1 is 1.50 bits per heavy atom. The zero-order valence-corrected chi connectivity index (χ0v) is 10.7. The third kappa shape index (κ3) is 3.02. The van der Waals surface area contributed by atoms with Crippen LogP contribution in [0.25, 0.3) is 0 Å². The van der Waals surface area contributed by atoms with Gasteiger partial charge >= 0.3 is 5.92 Å². The highest BCUT2D eigenvalue weighted by molar-refractivity contribution is 6.29. The van der Waals surface area contributed by atoms with Crippen LogP contribution in [0.15, 0.2) is 35.4 Å². The molecule has 0 aromatic carbocycles. The van der Waals surface area contributed by atoms with E-state index in [0.717, 1.165) is 18.5 Å². The first-order chi connectivity index (χ1) is 9.40. The van der Waals surface area contributed by atoms with Crippen molar-refractivity contribution in [3.8, 4) is 0 Å². The Morgan fingerprint density at radius 3 is 2.90 bits per heavy atom. The molecular weight excluding hydrogens is 294 g/mol. The van der Waals surface area contributed by atoms with Gasteiger partial charge in [0.2, 0.25) is 0 Å². The highest BCUT2D eigenvalue weighted by Crippen LogP contribution is 2.24. The van der Waals surface area contributed by atoms with Crippen LogP contribution in [0.3, 0.4) is 0 Å². The van der Waals surface area contributed by atoms with Gasteiger partial charge < -0.3 is 15.5 Å². The summed E-state index contributed by atoms with van der Waals surface area (Å²) in [5.74, 6) is -3.76. The van der Waals surface area contributed by atoms with E-state index in [0.29, 0.717) is 0 Å². The van der Waals surface area contributed by atoms with Gasteiger partial charge in [-0.2, -0.15) is 13.5 Å². The monoisotopic (exact) mass is 302 g/mol. The molecule has 2 N–H and O–H groups in total. The number of pyridine rings is 1. The Labute approximate surface area is 116 Å². The largest absolute Gasteiger partial charge is 0.618 e. The molecule has 106 valence electrons. The first kappa shape index (κ1) is 14.2. The molecule has 0 aliphatic rings. The molecule has 0 saturated carbocycles. The van der Waals surface area contributed by atoms with Gasteiger partial charge in [-0.05, 0) is 6.07 Å². The molecule has 0 aliphatic carbocycles. The molecule has 2 aromatic rings. The third-order valence-corrected chi connectivity index (χ3v) is 2.62. The summed E-state index contributed by atoms with van der Waals surface area (Å²) >= 11 is 5.49. The highest BCUT2D eigenvalue weighted by atomic mass is 35.5. The normalized spacial score (nSPS) is 11.3. The minimum Gasteiger partial charge on any atom is -0.618 e. The maximum absolute atomic E-state index is 13.9. The number of nitrogens with zero attached hydrogens (tertiary/aromatic N) is 2. The fraction of sp³-hybridized carbons (Fsp3) is 0.182. The number of hydrogen-bond acceptors (Lipinski definition) is 4. The van der Waals surface area contributed by atoms with Crippen LogP contribution in [-0.2, 0) is 5.92 Å². The Kier molecular flexibility index (Phi) is 3.84. The molecule has 0 fully saturated rings. The van der Waals surface area contributed by atoms with Crippen molar-refractivity contribution in [1.82, 2.24) is 9.97 Å². The second-order valence-corrected chi connectivity index (χ2v) is 4.29. The zero-order chi connectivity index (χ0) is 14.8. The average molecular weight is 303 g/mol. The van der Waals surface area contributed by atoms with E-state index in [1.165, 1.54) is 12.1 Å². The maximum atomic E-state index is 13.9. The average Bonchev–Trinajstić information content (AvgIpc) is 2.38. The fourth-order valence-corrected chi connectivity index (χ4v) is 1.64. The molecule has 2 rings (SSSR count). The van der Waals surface area contributed by atoms with Gasteiger partial charge in [-0.15, -0.1) is 0 Å². The maximum Gasteiger partial charge on any atom is 0.347 e. The topological polar surface area (TPSA) is 84.7 Å². The zero-order valence-electron chi connectivity index (χ0n) is 9.94. The van der Waals surface area contributed by atoms with E-state index >= 15 is 0 Å². The van der Waals surface area contributed by atoms with E-state index in [2.05, 4.69) is 15.3 Å². The van der Waals surface area contributed by atoms with Crippen LogP contribution < -0.4 is 15.6 Å². The number of rotatable bonds is 4. The number of halogens is 3. The number of nitrogens with one attached hydrogen (secondary N) is 2. The predicted molar refractivity (Wildman–Crippen MR) is 67.7 cm³/mol. The number of alkyl halides is 2. The summed E-state index contributed by atoms with van der Waals surface area (Å²) in [5, 5.41) is 13.5. The molecule has 0 radical (unpaired) electrons. The fourth-order valence-electron chi connectivity index (χ4n) is 1.50. The van der Waals surface area contributed by atoms with Crippen molar-refractivity contribution in [2.24, 2.45) is 0 Å². The second kappa shape index (κ2) is 5.41. The molecule has 20 heavy (non-hydrogen) atoms. The number of aromatic nitrogens is 3. The Balaban J connectivity index is 2.17. The molecule has 0 bridgehead atoms. The minimum atomic E-state index is -3.46. The summed E-state index contributed by atoms with van der Waals surface area (Å²) in [6.45, 7) is -0.947. The first-order valence-electron chi connectivity index (χ1n) is 5.45. The smallest absolute Gasteiger partial charge is 0.347 e. The summed E-state index contributed by atoms with van der Waals surface area (Å²) in [5.41, 5.74) is -1.45.